The zero-order valence-corrected chi connectivity index (χ0v) is 19.5. The van der Waals surface area contributed by atoms with Gasteiger partial charge in [0.2, 0.25) is 0 Å². The number of nitrogens with zero attached hydrogens (tertiary/aromatic N) is 1. The molecule has 1 aromatic heterocycles. The highest BCUT2D eigenvalue weighted by Gasteiger charge is 2.28. The molecule has 0 radical (unpaired) electrons. The van der Waals surface area contributed by atoms with Crippen LogP contribution in [0.15, 0.2) is 42.5 Å². The number of fused-ring (bicyclic) bond motifs is 3. The van der Waals surface area contributed by atoms with Crippen LogP contribution in [0.25, 0.3) is 10.9 Å². The van der Waals surface area contributed by atoms with Gasteiger partial charge in [-0.1, -0.05) is 18.2 Å². The van der Waals surface area contributed by atoms with Gasteiger partial charge in [0.1, 0.15) is 17.3 Å². The zero-order chi connectivity index (χ0) is 23.6. The molecular weight excluding hydrogens is 425 g/mol. The largest absolute Gasteiger partial charge is 0.380 e. The number of hydrogen-bond donors (Lipinski definition) is 3. The fourth-order valence-corrected chi connectivity index (χ4v) is 4.58. The number of benzene rings is 2. The van der Waals surface area contributed by atoms with E-state index in [4.69, 9.17) is 0 Å². The van der Waals surface area contributed by atoms with E-state index in [9.17, 15) is 13.2 Å². The highest BCUT2D eigenvalue weighted by molar-refractivity contribution is 5.84. The average molecular weight is 459 g/mol. The predicted molar refractivity (Wildman–Crippen MR) is 129 cm³/mol. The summed E-state index contributed by atoms with van der Waals surface area (Å²) in [6, 6.07) is 12.6. The molecule has 1 saturated heterocycles. The lowest BCUT2D eigenvalue weighted by Gasteiger charge is -2.31. The quantitative estimate of drug-likeness (QED) is 0.512. The van der Waals surface area contributed by atoms with Crippen molar-refractivity contribution in [2.24, 2.45) is 0 Å². The van der Waals surface area contributed by atoms with E-state index < -0.39 is 17.3 Å². The van der Waals surface area contributed by atoms with Gasteiger partial charge in [0.25, 0.3) is 0 Å². The molecule has 3 aromatic rings. The summed E-state index contributed by atoms with van der Waals surface area (Å²) in [5, 5.41) is 7.41. The molecule has 5 rings (SSSR count). The van der Waals surface area contributed by atoms with E-state index in [0.29, 0.717) is 24.3 Å². The van der Waals surface area contributed by atoms with Crippen molar-refractivity contribution >= 4 is 16.6 Å². The Labute approximate surface area is 193 Å². The van der Waals surface area contributed by atoms with Crippen LogP contribution in [-0.2, 0) is 12.8 Å². The first-order chi connectivity index (χ1) is 15.7. The van der Waals surface area contributed by atoms with Gasteiger partial charge in [0.05, 0.1) is 6.04 Å². The van der Waals surface area contributed by atoms with E-state index in [1.807, 2.05) is 0 Å². The Morgan fingerprint density at radius 2 is 1.79 bits per heavy atom. The summed E-state index contributed by atoms with van der Waals surface area (Å²) in [6.07, 6.45) is 1.97. The number of aromatic nitrogens is 1. The fraction of sp³-hybridized carbons (Fsp3) is 0.462. The highest BCUT2D eigenvalue weighted by Crippen LogP contribution is 2.28. The number of para-hydroxylation sites is 1. The van der Waals surface area contributed by atoms with Crippen LogP contribution in [0.1, 0.15) is 32.0 Å². The third kappa shape index (κ3) is 6.09. The van der Waals surface area contributed by atoms with E-state index in [1.54, 1.807) is 13.8 Å². The average Bonchev–Trinajstić information content (AvgIpc) is 2.97. The normalized spacial score (nSPS) is 19.3. The SMILES string of the molecule is CC1Cc2c([nH]c3ccccc23)CCN1CC(C)(C)F.Fc1cc(F)cc(NC2CNC2)c1. The van der Waals surface area contributed by atoms with E-state index in [2.05, 4.69) is 51.7 Å². The molecule has 2 aliphatic rings. The van der Waals surface area contributed by atoms with Crippen molar-refractivity contribution in [3.05, 3.63) is 65.4 Å². The first-order valence-electron chi connectivity index (χ1n) is 11.6. The van der Waals surface area contributed by atoms with Crippen molar-refractivity contribution in [1.82, 2.24) is 15.2 Å². The minimum Gasteiger partial charge on any atom is -0.380 e. The molecule has 1 unspecified atom stereocenters. The summed E-state index contributed by atoms with van der Waals surface area (Å²) >= 11 is 0. The van der Waals surface area contributed by atoms with Crippen LogP contribution in [0.4, 0.5) is 18.9 Å². The molecule has 7 heteroatoms. The van der Waals surface area contributed by atoms with Gasteiger partial charge in [-0.15, -0.1) is 0 Å². The van der Waals surface area contributed by atoms with Crippen LogP contribution in [0.2, 0.25) is 0 Å². The maximum Gasteiger partial charge on any atom is 0.128 e. The number of aromatic amines is 1. The summed E-state index contributed by atoms with van der Waals surface area (Å²) in [5.41, 5.74) is 3.35. The summed E-state index contributed by atoms with van der Waals surface area (Å²) in [7, 11) is 0. The molecule has 0 saturated carbocycles. The molecule has 0 bridgehead atoms. The van der Waals surface area contributed by atoms with Crippen molar-refractivity contribution in [3.8, 4) is 0 Å². The molecule has 4 nitrogen and oxygen atoms in total. The van der Waals surface area contributed by atoms with Crippen molar-refractivity contribution in [3.63, 3.8) is 0 Å². The third-order valence-electron chi connectivity index (χ3n) is 6.27. The number of nitrogens with one attached hydrogen (secondary N) is 3. The lowest BCUT2D eigenvalue weighted by atomic mass is 10.0. The van der Waals surface area contributed by atoms with Crippen molar-refractivity contribution in [2.75, 3.05) is 31.5 Å². The first-order valence-corrected chi connectivity index (χ1v) is 11.6. The number of rotatable bonds is 4. The molecule has 2 aromatic carbocycles. The minimum atomic E-state index is -1.13. The maximum absolute atomic E-state index is 13.9. The Kier molecular flexibility index (Phi) is 7.00. The molecule has 2 aliphatic heterocycles. The Morgan fingerprint density at radius 1 is 1.09 bits per heavy atom. The van der Waals surface area contributed by atoms with E-state index in [-0.39, 0.29) is 0 Å². The maximum atomic E-state index is 13.9. The Bertz CT molecular complexity index is 1060. The van der Waals surface area contributed by atoms with E-state index in [1.165, 1.54) is 34.3 Å². The van der Waals surface area contributed by atoms with Crippen LogP contribution in [0.3, 0.4) is 0 Å². The van der Waals surface area contributed by atoms with Gasteiger partial charge in [-0.3, -0.25) is 4.90 Å². The van der Waals surface area contributed by atoms with Gasteiger partial charge in [0.15, 0.2) is 0 Å². The number of H-pyrrole nitrogens is 1. The van der Waals surface area contributed by atoms with Gasteiger partial charge in [-0.25, -0.2) is 13.2 Å². The van der Waals surface area contributed by atoms with Crippen molar-refractivity contribution in [2.45, 2.75) is 51.4 Å². The smallest absolute Gasteiger partial charge is 0.128 e. The number of halogens is 3. The second-order valence-electron chi connectivity index (χ2n) is 9.78. The summed E-state index contributed by atoms with van der Waals surface area (Å²) in [5.74, 6) is -1.09. The zero-order valence-electron chi connectivity index (χ0n) is 19.5. The number of anilines is 1. The van der Waals surface area contributed by atoms with Crippen LogP contribution < -0.4 is 10.6 Å². The molecule has 3 N–H and O–H groups in total. The first kappa shape index (κ1) is 23.6. The number of hydrogen-bond acceptors (Lipinski definition) is 3. The molecule has 0 amide bonds. The summed E-state index contributed by atoms with van der Waals surface area (Å²) < 4.78 is 39.3. The minimum absolute atomic E-state index is 0.293. The van der Waals surface area contributed by atoms with Gasteiger partial charge >= 0.3 is 0 Å². The van der Waals surface area contributed by atoms with Crippen LogP contribution >= 0.6 is 0 Å². The third-order valence-corrected chi connectivity index (χ3v) is 6.27. The molecular formula is C26H33F3N4. The molecule has 178 valence electrons. The number of alkyl halides is 1. The summed E-state index contributed by atoms with van der Waals surface area (Å²) in [4.78, 5) is 5.82. The molecule has 1 fully saturated rings. The second-order valence-corrected chi connectivity index (χ2v) is 9.78. The van der Waals surface area contributed by atoms with E-state index >= 15 is 0 Å². The lowest BCUT2D eigenvalue weighted by Crippen LogP contribution is -2.51. The molecule has 1 atom stereocenters. The van der Waals surface area contributed by atoms with Crippen LogP contribution in [0.5, 0.6) is 0 Å². The molecule has 0 aliphatic carbocycles. The monoisotopic (exact) mass is 458 g/mol. The Hall–Kier alpha value is -2.51. The molecule has 33 heavy (non-hydrogen) atoms. The Morgan fingerprint density at radius 3 is 2.42 bits per heavy atom. The van der Waals surface area contributed by atoms with Crippen LogP contribution in [-0.4, -0.2) is 53.8 Å². The second kappa shape index (κ2) is 9.77. The van der Waals surface area contributed by atoms with Gasteiger partial charge in [-0.2, -0.15) is 0 Å². The van der Waals surface area contributed by atoms with Gasteiger partial charge in [-0.05, 0) is 51.0 Å². The Balaban J connectivity index is 0.000000172. The molecule has 0 spiro atoms. The fourth-order valence-electron chi connectivity index (χ4n) is 4.58. The predicted octanol–water partition coefficient (Wildman–Crippen LogP) is 5.05. The standard InChI is InChI=1S/C17H23FN2.C9H10F2N2/c1-12-10-14-13-6-4-5-7-15(13)19-16(14)8-9-20(12)11-17(2,3)18;10-6-1-7(11)3-8(2-6)13-9-4-12-5-9/h4-7,12,19H,8-11H2,1-3H3;1-3,9,12-13H,4-5H2. The molecule has 3 heterocycles. The van der Waals surface area contributed by atoms with Gasteiger partial charge < -0.3 is 15.6 Å². The topological polar surface area (TPSA) is 43.1 Å². The van der Waals surface area contributed by atoms with Crippen LogP contribution in [0, 0.1) is 11.6 Å². The van der Waals surface area contributed by atoms with Crippen molar-refractivity contribution in [1.29, 1.82) is 0 Å². The van der Waals surface area contributed by atoms with E-state index in [0.717, 1.165) is 38.5 Å². The summed E-state index contributed by atoms with van der Waals surface area (Å²) in [6.45, 7) is 8.67. The van der Waals surface area contributed by atoms with Gasteiger partial charge in [0, 0.05) is 67.0 Å². The van der Waals surface area contributed by atoms with Crippen molar-refractivity contribution < 1.29 is 13.2 Å². The lowest BCUT2D eigenvalue weighted by molar-refractivity contribution is 0.102. The highest BCUT2D eigenvalue weighted by atomic mass is 19.1.